The van der Waals surface area contributed by atoms with Gasteiger partial charge in [-0.25, -0.2) is 0 Å². The van der Waals surface area contributed by atoms with Crippen molar-refractivity contribution in [3.8, 4) is 22.3 Å². The summed E-state index contributed by atoms with van der Waals surface area (Å²) in [5.74, 6) is 0. The van der Waals surface area contributed by atoms with Crippen molar-refractivity contribution in [2.24, 2.45) is 0 Å². The molecule has 0 aliphatic heterocycles. The summed E-state index contributed by atoms with van der Waals surface area (Å²) < 4.78 is 6.16. The van der Waals surface area contributed by atoms with Crippen LogP contribution in [-0.2, 0) is 0 Å². The normalized spacial score (nSPS) is 11.9. The van der Waals surface area contributed by atoms with Crippen molar-refractivity contribution in [1.82, 2.24) is 0 Å². The van der Waals surface area contributed by atoms with Crippen LogP contribution in [0.5, 0.6) is 0 Å². The van der Waals surface area contributed by atoms with Gasteiger partial charge >= 0.3 is 0 Å². The second-order valence-corrected chi connectivity index (χ2v) is 10.9. The molecule has 0 unspecified atom stereocenters. The Morgan fingerprint density at radius 1 is 0.293 bits per heavy atom. The van der Waals surface area contributed by atoms with Crippen LogP contribution in [0.1, 0.15) is 0 Å². The molecule has 9 aromatic rings. The Labute approximate surface area is 236 Å². The van der Waals surface area contributed by atoms with Crippen molar-refractivity contribution in [2.75, 3.05) is 0 Å². The Kier molecular flexibility index (Phi) is 4.67. The fraction of sp³-hybridized carbons (Fsp3) is 0. The van der Waals surface area contributed by atoms with Gasteiger partial charge in [-0.2, -0.15) is 0 Å². The Balaban J connectivity index is 1.38. The molecule has 1 heteroatoms. The highest BCUT2D eigenvalue weighted by molar-refractivity contribution is 6.23. The summed E-state index contributed by atoms with van der Waals surface area (Å²) in [6.45, 7) is 0. The van der Waals surface area contributed by atoms with Gasteiger partial charge in [0.1, 0.15) is 11.2 Å². The molecule has 1 heterocycles. The second kappa shape index (κ2) is 8.55. The first-order valence-electron chi connectivity index (χ1n) is 14.1. The van der Waals surface area contributed by atoms with Crippen LogP contribution in [0.4, 0.5) is 0 Å². The quantitative estimate of drug-likeness (QED) is 0.163. The largest absolute Gasteiger partial charge is 0.456 e. The van der Waals surface area contributed by atoms with E-state index in [2.05, 4.69) is 133 Å². The van der Waals surface area contributed by atoms with Gasteiger partial charge in [0.15, 0.2) is 0 Å². The highest BCUT2D eigenvalue weighted by Crippen LogP contribution is 2.45. The van der Waals surface area contributed by atoms with E-state index >= 15 is 0 Å². The molecule has 0 fully saturated rings. The molecule has 0 atom stereocenters. The lowest BCUT2D eigenvalue weighted by Gasteiger charge is -2.18. The highest BCUT2D eigenvalue weighted by atomic mass is 16.3. The van der Waals surface area contributed by atoms with E-state index in [1.165, 1.54) is 65.3 Å². The molecular formula is C40H24O. The molecule has 0 radical (unpaired) electrons. The first-order valence-corrected chi connectivity index (χ1v) is 14.1. The molecule has 1 aromatic heterocycles. The minimum atomic E-state index is 0.920. The summed E-state index contributed by atoms with van der Waals surface area (Å²) >= 11 is 0. The molecule has 190 valence electrons. The molecule has 8 aromatic carbocycles. The van der Waals surface area contributed by atoms with Crippen molar-refractivity contribution < 1.29 is 4.42 Å². The predicted molar refractivity (Wildman–Crippen MR) is 175 cm³/mol. The van der Waals surface area contributed by atoms with Gasteiger partial charge in [-0.1, -0.05) is 121 Å². The summed E-state index contributed by atoms with van der Waals surface area (Å²) in [5, 5.41) is 12.4. The monoisotopic (exact) mass is 520 g/mol. The first kappa shape index (κ1) is 22.4. The molecule has 0 N–H and O–H groups in total. The lowest BCUT2D eigenvalue weighted by Crippen LogP contribution is -1.91. The maximum absolute atomic E-state index is 6.16. The Hall–Kier alpha value is -5.40. The van der Waals surface area contributed by atoms with Gasteiger partial charge < -0.3 is 4.42 Å². The van der Waals surface area contributed by atoms with Crippen LogP contribution in [0.15, 0.2) is 150 Å². The summed E-state index contributed by atoms with van der Waals surface area (Å²) in [4.78, 5) is 0. The number of benzene rings is 8. The molecule has 0 bridgehead atoms. The van der Waals surface area contributed by atoms with Gasteiger partial charge in [0.2, 0.25) is 0 Å². The molecule has 0 aliphatic carbocycles. The zero-order valence-corrected chi connectivity index (χ0v) is 22.3. The van der Waals surface area contributed by atoms with Crippen LogP contribution in [-0.4, -0.2) is 0 Å². The zero-order valence-electron chi connectivity index (χ0n) is 22.3. The molecule has 0 aliphatic rings. The van der Waals surface area contributed by atoms with E-state index in [4.69, 9.17) is 4.42 Å². The average molecular weight is 521 g/mol. The third-order valence-corrected chi connectivity index (χ3v) is 8.63. The van der Waals surface area contributed by atoms with E-state index in [1.54, 1.807) is 0 Å². The number of hydrogen-bond acceptors (Lipinski definition) is 1. The van der Waals surface area contributed by atoms with Gasteiger partial charge in [0.05, 0.1) is 0 Å². The van der Waals surface area contributed by atoms with Gasteiger partial charge in [0, 0.05) is 10.8 Å². The zero-order chi connectivity index (χ0) is 26.9. The van der Waals surface area contributed by atoms with Gasteiger partial charge in [0.25, 0.3) is 0 Å². The van der Waals surface area contributed by atoms with Crippen LogP contribution in [0.3, 0.4) is 0 Å². The van der Waals surface area contributed by atoms with Crippen LogP contribution in [0.25, 0.3) is 87.3 Å². The van der Waals surface area contributed by atoms with Crippen molar-refractivity contribution in [3.63, 3.8) is 0 Å². The second-order valence-electron chi connectivity index (χ2n) is 10.9. The maximum atomic E-state index is 6.16. The average Bonchev–Trinajstić information content (AvgIpc) is 3.41. The fourth-order valence-electron chi connectivity index (χ4n) is 6.79. The predicted octanol–water partition coefficient (Wildman–Crippen LogP) is 11.5. The third kappa shape index (κ3) is 3.30. The van der Waals surface area contributed by atoms with E-state index in [0.717, 1.165) is 21.9 Å². The van der Waals surface area contributed by atoms with Crippen molar-refractivity contribution in [3.05, 3.63) is 146 Å². The smallest absolute Gasteiger partial charge is 0.135 e. The molecule has 0 saturated carbocycles. The molecule has 0 spiro atoms. The number of furan rings is 1. The third-order valence-electron chi connectivity index (χ3n) is 8.63. The summed E-state index contributed by atoms with van der Waals surface area (Å²) in [6, 6.07) is 52.7. The summed E-state index contributed by atoms with van der Waals surface area (Å²) in [6.07, 6.45) is 0. The molecule has 0 amide bonds. The minimum Gasteiger partial charge on any atom is -0.456 e. The number of rotatable bonds is 2. The standard InChI is InChI=1S/C40H24O/c1-2-10-29-25(9-1)17-18-26-19-20-27(23-35(26)29)39-31-12-3-5-14-33(31)40(34-15-6-4-13-32(34)39)28-21-22-38-36(24-28)30-11-7-8-16-37(30)41-38/h1-24H. The minimum absolute atomic E-state index is 0.920. The Morgan fingerprint density at radius 2 is 0.732 bits per heavy atom. The van der Waals surface area contributed by atoms with E-state index in [-0.39, 0.29) is 0 Å². The van der Waals surface area contributed by atoms with Crippen molar-refractivity contribution >= 4 is 65.0 Å². The molecule has 41 heavy (non-hydrogen) atoms. The van der Waals surface area contributed by atoms with Gasteiger partial charge in [-0.15, -0.1) is 0 Å². The lowest BCUT2D eigenvalue weighted by molar-refractivity contribution is 0.669. The molecule has 1 nitrogen and oxygen atoms in total. The van der Waals surface area contributed by atoms with Crippen LogP contribution in [0, 0.1) is 0 Å². The summed E-state index contributed by atoms with van der Waals surface area (Å²) in [7, 11) is 0. The van der Waals surface area contributed by atoms with Crippen LogP contribution >= 0.6 is 0 Å². The SMILES string of the molecule is c1ccc2c(c1)ccc1ccc(-c3c4ccccc4c(-c4ccc5oc6ccccc6c5c4)c4ccccc34)cc12. The van der Waals surface area contributed by atoms with E-state index in [1.807, 2.05) is 12.1 Å². The Morgan fingerprint density at radius 3 is 1.39 bits per heavy atom. The Bertz CT molecular complexity index is 2420. The van der Waals surface area contributed by atoms with Gasteiger partial charge in [-0.3, -0.25) is 0 Å². The maximum Gasteiger partial charge on any atom is 0.135 e. The van der Waals surface area contributed by atoms with E-state index in [9.17, 15) is 0 Å². The number of para-hydroxylation sites is 1. The highest BCUT2D eigenvalue weighted by Gasteiger charge is 2.18. The molecular weight excluding hydrogens is 496 g/mol. The number of hydrogen-bond donors (Lipinski definition) is 0. The van der Waals surface area contributed by atoms with Crippen LogP contribution < -0.4 is 0 Å². The number of fused-ring (bicyclic) bond motifs is 8. The van der Waals surface area contributed by atoms with Crippen molar-refractivity contribution in [2.45, 2.75) is 0 Å². The molecule has 9 rings (SSSR count). The van der Waals surface area contributed by atoms with Crippen LogP contribution in [0.2, 0.25) is 0 Å². The van der Waals surface area contributed by atoms with E-state index in [0.29, 0.717) is 0 Å². The first-order chi connectivity index (χ1) is 20.3. The lowest BCUT2D eigenvalue weighted by atomic mass is 9.85. The van der Waals surface area contributed by atoms with Gasteiger partial charge in [-0.05, 0) is 89.6 Å². The molecule has 0 saturated heterocycles. The topological polar surface area (TPSA) is 13.1 Å². The van der Waals surface area contributed by atoms with Crippen molar-refractivity contribution in [1.29, 1.82) is 0 Å². The summed E-state index contributed by atoms with van der Waals surface area (Å²) in [5.41, 5.74) is 6.83. The fourth-order valence-corrected chi connectivity index (χ4v) is 6.79. The van der Waals surface area contributed by atoms with E-state index < -0.39 is 0 Å².